The van der Waals surface area contributed by atoms with Gasteiger partial charge in [0.2, 0.25) is 0 Å². The monoisotopic (exact) mass is 409 g/mol. The van der Waals surface area contributed by atoms with Crippen LogP contribution in [-0.4, -0.2) is 48.1 Å². The number of allylic oxidation sites excluding steroid dienone is 3. The molecule has 2 saturated heterocycles. The molecule has 0 aromatic rings. The number of esters is 1. The number of amides is 1. The van der Waals surface area contributed by atoms with Crippen LogP contribution < -0.4 is 5.32 Å². The maximum atomic E-state index is 12.4. The zero-order chi connectivity index (χ0) is 20.1. The first-order valence-electron chi connectivity index (χ1n) is 10.1. The van der Waals surface area contributed by atoms with Gasteiger partial charge in [-0.1, -0.05) is 36.4 Å². The van der Waals surface area contributed by atoms with Crippen LogP contribution in [0.15, 0.2) is 23.8 Å². The fraction of sp³-hybridized carbons (Fsp3) is 0.714. The normalized spacial score (nSPS) is 37.6. The summed E-state index contributed by atoms with van der Waals surface area (Å²) in [5.74, 6) is -0.245. The molecule has 28 heavy (non-hydrogen) atoms. The molecule has 6 nitrogen and oxygen atoms in total. The van der Waals surface area contributed by atoms with Crippen LogP contribution in [0, 0.1) is 5.92 Å². The highest BCUT2D eigenvalue weighted by Crippen LogP contribution is 2.39. The van der Waals surface area contributed by atoms with E-state index in [1.807, 2.05) is 6.92 Å². The Bertz CT molecular complexity index is 649. The highest BCUT2D eigenvalue weighted by Gasteiger charge is 2.51. The largest absolute Gasteiger partial charge is 0.459 e. The van der Waals surface area contributed by atoms with Gasteiger partial charge in [0.1, 0.15) is 6.10 Å². The summed E-state index contributed by atoms with van der Waals surface area (Å²) in [6, 6.07) is -0.257. The van der Waals surface area contributed by atoms with E-state index >= 15 is 0 Å². The molecular weight excluding hydrogens is 378 g/mol. The van der Waals surface area contributed by atoms with Gasteiger partial charge in [-0.3, -0.25) is 4.79 Å². The molecule has 1 amide bonds. The number of carbonyl (C=O) groups is 2. The van der Waals surface area contributed by atoms with Crippen LogP contribution in [0.5, 0.6) is 0 Å². The average molecular weight is 410 g/mol. The molecule has 3 aliphatic heterocycles. The third-order valence-electron chi connectivity index (χ3n) is 5.71. The van der Waals surface area contributed by atoms with Crippen LogP contribution in [0.1, 0.15) is 52.4 Å². The van der Waals surface area contributed by atoms with E-state index in [1.165, 1.54) is 11.8 Å². The average Bonchev–Trinajstić information content (AvgIpc) is 3.09. The number of nitrogens with one attached hydrogen (secondary N) is 1. The molecule has 0 aromatic carbocycles. The Morgan fingerprint density at radius 1 is 1.29 bits per heavy atom. The molecule has 0 unspecified atom stereocenters. The lowest BCUT2D eigenvalue weighted by molar-refractivity contribution is -0.296. The Morgan fingerprint density at radius 2 is 2.11 bits per heavy atom. The molecule has 0 aliphatic carbocycles. The lowest BCUT2D eigenvalue weighted by Gasteiger charge is -2.46. The van der Waals surface area contributed by atoms with Gasteiger partial charge < -0.3 is 19.5 Å². The van der Waals surface area contributed by atoms with E-state index in [2.05, 4.69) is 24.4 Å². The topological polar surface area (TPSA) is 73.9 Å². The molecule has 2 bridgehead atoms. The van der Waals surface area contributed by atoms with Crippen molar-refractivity contribution in [2.24, 2.45) is 5.92 Å². The van der Waals surface area contributed by atoms with Crippen LogP contribution in [0.3, 0.4) is 0 Å². The zero-order valence-corrected chi connectivity index (χ0v) is 17.8. The summed E-state index contributed by atoms with van der Waals surface area (Å²) in [6.45, 7) is 4.17. The number of hydrogen-bond donors (Lipinski definition) is 1. The van der Waals surface area contributed by atoms with Gasteiger partial charge in [0.05, 0.1) is 12.1 Å². The predicted octanol–water partition coefficient (Wildman–Crippen LogP) is 3.96. The second-order valence-electron chi connectivity index (χ2n) is 8.06. The number of carbonyl (C=O) groups excluding carboxylic acids is 2. The minimum Gasteiger partial charge on any atom is -0.459 e. The van der Waals surface area contributed by atoms with Crippen molar-refractivity contribution >= 4 is 23.0 Å². The quantitative estimate of drug-likeness (QED) is 0.550. The third-order valence-corrected chi connectivity index (χ3v) is 6.59. The van der Waals surface area contributed by atoms with Crippen LogP contribution in [0.25, 0.3) is 0 Å². The van der Waals surface area contributed by atoms with Crippen molar-refractivity contribution in [1.29, 1.82) is 0 Å². The third kappa shape index (κ3) is 5.39. The molecule has 0 radical (unpaired) electrons. The van der Waals surface area contributed by atoms with Crippen LogP contribution in [0.2, 0.25) is 0 Å². The van der Waals surface area contributed by atoms with Crippen LogP contribution >= 0.6 is 11.8 Å². The van der Waals surface area contributed by atoms with Crippen molar-refractivity contribution in [2.45, 2.75) is 76.4 Å². The van der Waals surface area contributed by atoms with Gasteiger partial charge in [-0.05, 0) is 38.5 Å². The zero-order valence-electron chi connectivity index (χ0n) is 16.9. The highest BCUT2D eigenvalue weighted by molar-refractivity contribution is 8.14. The number of ether oxygens (including phenoxy) is 3. The van der Waals surface area contributed by atoms with E-state index in [0.29, 0.717) is 24.5 Å². The number of fused-ring (bicyclic) bond motifs is 2. The molecule has 3 aliphatic rings. The molecular formula is C21H31NO5S. The SMILES string of the molecule is CO[C@]1([C@@H]2CSC(=O)N2)C[C@H]2C[C@@H](CC[C@H](C)C=CCCC(C)=CC(=O)O2)O1. The van der Waals surface area contributed by atoms with Gasteiger partial charge in [-0.15, -0.1) is 0 Å². The van der Waals surface area contributed by atoms with Crippen molar-refractivity contribution in [3.63, 3.8) is 0 Å². The highest BCUT2D eigenvalue weighted by atomic mass is 32.2. The van der Waals surface area contributed by atoms with Crippen molar-refractivity contribution in [2.75, 3.05) is 12.9 Å². The van der Waals surface area contributed by atoms with E-state index in [1.54, 1.807) is 13.2 Å². The lowest BCUT2D eigenvalue weighted by atomic mass is 9.90. The fourth-order valence-corrected chi connectivity index (χ4v) is 5.00. The molecule has 0 aromatic heterocycles. The first-order chi connectivity index (χ1) is 13.4. The van der Waals surface area contributed by atoms with E-state index in [-0.39, 0.29) is 29.5 Å². The van der Waals surface area contributed by atoms with Crippen molar-refractivity contribution in [1.82, 2.24) is 5.32 Å². The van der Waals surface area contributed by atoms with E-state index < -0.39 is 5.79 Å². The van der Waals surface area contributed by atoms with Gasteiger partial charge in [-0.25, -0.2) is 4.79 Å². The molecule has 0 saturated carbocycles. The number of rotatable bonds is 2. The second-order valence-corrected chi connectivity index (χ2v) is 9.05. The molecule has 3 rings (SSSR count). The Morgan fingerprint density at radius 3 is 2.82 bits per heavy atom. The fourth-order valence-electron chi connectivity index (χ4n) is 4.11. The maximum Gasteiger partial charge on any atom is 0.330 e. The molecule has 7 heteroatoms. The minimum absolute atomic E-state index is 0.0693. The van der Waals surface area contributed by atoms with E-state index in [9.17, 15) is 9.59 Å². The standard InChI is InChI=1S/C21H31NO5S/c1-14-6-4-5-7-15(2)10-19(23)26-17-11-16(9-8-14)27-21(12-17,25-3)18-13-28-20(24)22-18/h4,6,10,14,16-18H,5,7-9,11-13H2,1-3H3,(H,22,24)/t14-,16-,17-,18+,21-/m1/s1. The maximum absolute atomic E-state index is 12.4. The van der Waals surface area contributed by atoms with Crippen LogP contribution in [0.4, 0.5) is 4.79 Å². The number of thioether (sulfide) groups is 1. The minimum atomic E-state index is -0.970. The Balaban J connectivity index is 1.82. The van der Waals surface area contributed by atoms with Gasteiger partial charge >= 0.3 is 5.97 Å². The molecule has 3 heterocycles. The summed E-state index contributed by atoms with van der Waals surface area (Å²) in [5.41, 5.74) is 1.01. The summed E-state index contributed by atoms with van der Waals surface area (Å²) in [5, 5.41) is 2.88. The Hall–Kier alpha value is -1.31. The van der Waals surface area contributed by atoms with Crippen molar-refractivity contribution in [3.8, 4) is 0 Å². The summed E-state index contributed by atoms with van der Waals surface area (Å²) in [6.07, 6.45) is 10.3. The summed E-state index contributed by atoms with van der Waals surface area (Å²) < 4.78 is 18.0. The number of hydrogen-bond acceptors (Lipinski definition) is 6. The van der Waals surface area contributed by atoms with Crippen LogP contribution in [-0.2, 0) is 19.0 Å². The van der Waals surface area contributed by atoms with Gasteiger partial charge in [0, 0.05) is 31.8 Å². The Kier molecular flexibility index (Phi) is 7.23. The Labute approximate surface area is 171 Å². The molecule has 5 atom stereocenters. The first-order valence-corrected chi connectivity index (χ1v) is 11.1. The number of methoxy groups -OCH3 is 1. The van der Waals surface area contributed by atoms with E-state index in [0.717, 1.165) is 31.3 Å². The molecule has 1 N–H and O–H groups in total. The van der Waals surface area contributed by atoms with E-state index in [4.69, 9.17) is 14.2 Å². The summed E-state index contributed by atoms with van der Waals surface area (Å²) in [4.78, 5) is 24.2. The lowest BCUT2D eigenvalue weighted by Crippen LogP contribution is -2.59. The molecule has 2 fully saturated rings. The second kappa shape index (κ2) is 9.46. The molecule has 0 spiro atoms. The first kappa shape index (κ1) is 21.4. The summed E-state index contributed by atoms with van der Waals surface area (Å²) in [7, 11) is 1.60. The van der Waals surface area contributed by atoms with Gasteiger partial charge in [0.15, 0.2) is 5.79 Å². The van der Waals surface area contributed by atoms with Gasteiger partial charge in [-0.2, -0.15) is 0 Å². The predicted molar refractivity (Wildman–Crippen MR) is 109 cm³/mol. The van der Waals surface area contributed by atoms with Gasteiger partial charge in [0.25, 0.3) is 5.24 Å². The van der Waals surface area contributed by atoms with Crippen molar-refractivity contribution < 1.29 is 23.8 Å². The summed E-state index contributed by atoms with van der Waals surface area (Å²) >= 11 is 1.23. The van der Waals surface area contributed by atoms with Crippen molar-refractivity contribution in [3.05, 3.63) is 23.8 Å². The smallest absolute Gasteiger partial charge is 0.330 e. The molecule has 156 valence electrons.